The average molecular weight is 364 g/mol. The van der Waals surface area contributed by atoms with E-state index in [9.17, 15) is 14.4 Å². The van der Waals surface area contributed by atoms with Gasteiger partial charge < -0.3 is 5.73 Å². The lowest BCUT2D eigenvalue weighted by molar-refractivity contribution is -0.115. The molecule has 0 bridgehead atoms. The Balaban J connectivity index is 1.98. The summed E-state index contributed by atoms with van der Waals surface area (Å²) in [7, 11) is 0. The summed E-state index contributed by atoms with van der Waals surface area (Å²) in [5.41, 5.74) is 13.4. The lowest BCUT2D eigenvalue weighted by Gasteiger charge is -2.08. The predicted molar refractivity (Wildman–Crippen MR) is 99.6 cm³/mol. The number of nitrogens with one attached hydrogen (secondary N) is 3. The molecule has 0 aliphatic carbocycles. The molecule has 2 rings (SSSR count). The predicted octanol–water partition coefficient (Wildman–Crippen LogP) is 1.22. The van der Waals surface area contributed by atoms with Crippen molar-refractivity contribution in [2.45, 2.75) is 6.92 Å². The molecule has 0 unspecified atom stereocenters. The highest BCUT2D eigenvalue weighted by molar-refractivity contribution is 6.45. The van der Waals surface area contributed by atoms with Gasteiger partial charge in [0.2, 0.25) is 5.71 Å². The second kappa shape index (κ2) is 8.77. The Bertz CT molecular complexity index is 944. The maximum atomic E-state index is 12.0. The first kappa shape index (κ1) is 19.1. The SMILES string of the molecule is CC(=O)c1ccc(NN=C(C#N)C(=O)NNC(=O)c2ccccc2N)cc1. The molecule has 0 radical (unpaired) electrons. The molecule has 0 saturated carbocycles. The lowest BCUT2D eigenvalue weighted by Crippen LogP contribution is -2.45. The third kappa shape index (κ3) is 5.14. The number of hydrogen-bond donors (Lipinski definition) is 4. The normalized spacial score (nSPS) is 10.4. The Hall–Kier alpha value is -4.19. The summed E-state index contributed by atoms with van der Waals surface area (Å²) < 4.78 is 0. The van der Waals surface area contributed by atoms with Gasteiger partial charge in [-0.25, -0.2) is 0 Å². The van der Waals surface area contributed by atoms with Crippen LogP contribution in [0, 0.1) is 11.3 Å². The van der Waals surface area contributed by atoms with E-state index in [-0.39, 0.29) is 17.0 Å². The topological polar surface area (TPSA) is 149 Å². The summed E-state index contributed by atoms with van der Waals surface area (Å²) >= 11 is 0. The number of rotatable bonds is 5. The number of hydrazone groups is 1. The Morgan fingerprint density at radius 3 is 2.30 bits per heavy atom. The average Bonchev–Trinajstić information content (AvgIpc) is 2.67. The van der Waals surface area contributed by atoms with Crippen LogP contribution in [0.3, 0.4) is 0 Å². The van der Waals surface area contributed by atoms with Gasteiger partial charge in [-0.05, 0) is 43.3 Å². The standard InChI is InChI=1S/C18H16N6O3/c1-11(25)12-6-8-13(9-7-12)21-22-16(10-19)18(27)24-23-17(26)14-4-2-3-5-15(14)20/h2-9,21H,20H2,1H3,(H,23,26)(H,24,27). The second-order valence-electron chi connectivity index (χ2n) is 5.31. The summed E-state index contributed by atoms with van der Waals surface area (Å²) in [5.74, 6) is -1.63. The van der Waals surface area contributed by atoms with Crippen molar-refractivity contribution in [2.75, 3.05) is 11.2 Å². The zero-order chi connectivity index (χ0) is 19.8. The van der Waals surface area contributed by atoms with Gasteiger partial charge >= 0.3 is 5.91 Å². The molecule has 5 N–H and O–H groups in total. The van der Waals surface area contributed by atoms with Crippen LogP contribution in [0.15, 0.2) is 53.6 Å². The van der Waals surface area contributed by atoms with E-state index in [1.54, 1.807) is 48.5 Å². The fourth-order valence-electron chi connectivity index (χ4n) is 1.97. The zero-order valence-corrected chi connectivity index (χ0v) is 14.3. The molecular formula is C18H16N6O3. The van der Waals surface area contributed by atoms with Gasteiger partial charge in [0, 0.05) is 11.3 Å². The first-order valence-corrected chi connectivity index (χ1v) is 7.72. The Labute approximate surface area is 154 Å². The monoisotopic (exact) mass is 364 g/mol. The van der Waals surface area contributed by atoms with E-state index in [1.807, 2.05) is 0 Å². The number of amides is 2. The first-order valence-electron chi connectivity index (χ1n) is 7.72. The molecule has 9 heteroatoms. The Morgan fingerprint density at radius 2 is 1.70 bits per heavy atom. The second-order valence-corrected chi connectivity index (χ2v) is 5.31. The number of carbonyl (C=O) groups is 3. The third-order valence-corrected chi connectivity index (χ3v) is 3.40. The summed E-state index contributed by atoms with van der Waals surface area (Å²) in [6, 6.07) is 14.3. The largest absolute Gasteiger partial charge is 0.398 e. The summed E-state index contributed by atoms with van der Waals surface area (Å²) in [6.45, 7) is 1.44. The number of ketones is 1. The Kier molecular flexibility index (Phi) is 6.22. The van der Waals surface area contributed by atoms with Gasteiger partial charge in [0.15, 0.2) is 5.78 Å². The summed E-state index contributed by atoms with van der Waals surface area (Å²) in [5, 5.41) is 12.7. The molecular weight excluding hydrogens is 348 g/mol. The van der Waals surface area contributed by atoms with Crippen molar-refractivity contribution >= 4 is 34.7 Å². The van der Waals surface area contributed by atoms with Crippen LogP contribution in [0.2, 0.25) is 0 Å². The highest BCUT2D eigenvalue weighted by atomic mass is 16.2. The van der Waals surface area contributed by atoms with Crippen molar-refractivity contribution < 1.29 is 14.4 Å². The maximum absolute atomic E-state index is 12.0. The number of hydrazine groups is 1. The van der Waals surface area contributed by atoms with Crippen LogP contribution >= 0.6 is 0 Å². The van der Waals surface area contributed by atoms with Crippen LogP contribution in [0.1, 0.15) is 27.6 Å². The maximum Gasteiger partial charge on any atom is 0.301 e. The minimum Gasteiger partial charge on any atom is -0.398 e. The van der Waals surface area contributed by atoms with Gasteiger partial charge in [-0.15, -0.1) is 0 Å². The van der Waals surface area contributed by atoms with E-state index >= 15 is 0 Å². The van der Waals surface area contributed by atoms with Crippen molar-refractivity contribution in [3.05, 3.63) is 59.7 Å². The number of nitrogens with two attached hydrogens (primary N) is 1. The van der Waals surface area contributed by atoms with Crippen LogP contribution in [-0.2, 0) is 4.79 Å². The van der Waals surface area contributed by atoms with Crippen molar-refractivity contribution in [3.8, 4) is 6.07 Å². The van der Waals surface area contributed by atoms with Gasteiger partial charge in [-0.2, -0.15) is 10.4 Å². The van der Waals surface area contributed by atoms with Crippen molar-refractivity contribution in [1.29, 1.82) is 5.26 Å². The molecule has 0 atom stereocenters. The highest BCUT2D eigenvalue weighted by Gasteiger charge is 2.14. The van der Waals surface area contributed by atoms with Gasteiger partial charge in [-0.1, -0.05) is 12.1 Å². The number of anilines is 2. The number of benzene rings is 2. The minimum absolute atomic E-state index is 0.0862. The molecule has 2 amide bonds. The van der Waals surface area contributed by atoms with E-state index < -0.39 is 17.5 Å². The number of Topliss-reactive ketones (excluding diaryl/α,β-unsaturated/α-hetero) is 1. The smallest absolute Gasteiger partial charge is 0.301 e. The number of nitriles is 1. The lowest BCUT2D eigenvalue weighted by atomic mass is 10.1. The minimum atomic E-state index is -0.909. The molecule has 0 saturated heterocycles. The van der Waals surface area contributed by atoms with E-state index in [0.717, 1.165) is 0 Å². The molecule has 9 nitrogen and oxygen atoms in total. The molecule has 0 aliphatic rings. The van der Waals surface area contributed by atoms with Crippen LogP contribution in [0.5, 0.6) is 0 Å². The molecule has 0 spiro atoms. The number of nitrogens with zero attached hydrogens (tertiary/aromatic N) is 2. The molecule has 0 aromatic heterocycles. The van der Waals surface area contributed by atoms with Crippen LogP contribution in [0.25, 0.3) is 0 Å². The van der Waals surface area contributed by atoms with Crippen LogP contribution < -0.4 is 22.0 Å². The van der Waals surface area contributed by atoms with E-state index in [1.165, 1.54) is 13.0 Å². The fourth-order valence-corrected chi connectivity index (χ4v) is 1.97. The fraction of sp³-hybridized carbons (Fsp3) is 0.0556. The van der Waals surface area contributed by atoms with Gasteiger partial charge in [0.25, 0.3) is 5.91 Å². The molecule has 0 aliphatic heterocycles. The quantitative estimate of drug-likeness (QED) is 0.271. The number of carbonyl (C=O) groups excluding carboxylic acids is 3. The zero-order valence-electron chi connectivity index (χ0n) is 14.3. The van der Waals surface area contributed by atoms with Crippen LogP contribution in [0.4, 0.5) is 11.4 Å². The van der Waals surface area contributed by atoms with E-state index in [4.69, 9.17) is 11.0 Å². The molecule has 27 heavy (non-hydrogen) atoms. The van der Waals surface area contributed by atoms with Gasteiger partial charge in [0.05, 0.1) is 11.3 Å². The molecule has 2 aromatic rings. The van der Waals surface area contributed by atoms with Crippen molar-refractivity contribution in [2.24, 2.45) is 5.10 Å². The van der Waals surface area contributed by atoms with E-state index in [0.29, 0.717) is 11.3 Å². The van der Waals surface area contributed by atoms with Gasteiger partial charge in [0.1, 0.15) is 6.07 Å². The van der Waals surface area contributed by atoms with E-state index in [2.05, 4.69) is 21.4 Å². The van der Waals surface area contributed by atoms with Crippen LogP contribution in [-0.4, -0.2) is 23.3 Å². The number of nitrogen functional groups attached to an aromatic ring is 1. The third-order valence-electron chi connectivity index (χ3n) is 3.40. The molecule has 0 fully saturated rings. The van der Waals surface area contributed by atoms with Gasteiger partial charge in [-0.3, -0.25) is 30.7 Å². The molecule has 0 heterocycles. The molecule has 136 valence electrons. The summed E-state index contributed by atoms with van der Waals surface area (Å²) in [4.78, 5) is 35.2. The molecule has 2 aromatic carbocycles. The van der Waals surface area contributed by atoms with Crippen molar-refractivity contribution in [1.82, 2.24) is 10.9 Å². The highest BCUT2D eigenvalue weighted by Crippen LogP contribution is 2.10. The first-order chi connectivity index (χ1) is 12.9. The van der Waals surface area contributed by atoms with Crippen molar-refractivity contribution in [3.63, 3.8) is 0 Å². The number of para-hydroxylation sites is 1. The Morgan fingerprint density at radius 1 is 1.04 bits per heavy atom. The summed E-state index contributed by atoms with van der Waals surface area (Å²) in [6.07, 6.45) is 0. The number of hydrogen-bond acceptors (Lipinski definition) is 7.